The van der Waals surface area contributed by atoms with Gasteiger partial charge in [-0.05, 0) is 37.1 Å². The number of carbonyl (C=O) groups is 2. The van der Waals surface area contributed by atoms with E-state index in [2.05, 4.69) is 5.32 Å². The summed E-state index contributed by atoms with van der Waals surface area (Å²) >= 11 is 0. The highest BCUT2D eigenvalue weighted by Gasteiger charge is 2.35. The lowest BCUT2D eigenvalue weighted by Gasteiger charge is -2.25. The lowest BCUT2D eigenvalue weighted by atomic mass is 10.1. The molecule has 0 aromatic heterocycles. The van der Waals surface area contributed by atoms with Crippen LogP contribution < -0.4 is 5.32 Å². The Labute approximate surface area is 132 Å². The summed E-state index contributed by atoms with van der Waals surface area (Å²) in [7, 11) is 0. The molecule has 1 aliphatic rings. The van der Waals surface area contributed by atoms with Crippen LogP contribution in [0.3, 0.4) is 0 Å². The lowest BCUT2D eigenvalue weighted by Crippen LogP contribution is -2.44. The summed E-state index contributed by atoms with van der Waals surface area (Å²) in [5.41, 5.74) is -0.486. The van der Waals surface area contributed by atoms with Crippen LogP contribution in [0.5, 0.6) is 0 Å². The smallest absolute Gasteiger partial charge is 0.330 e. The number of nitrogens with one attached hydrogen (secondary N) is 1. The van der Waals surface area contributed by atoms with E-state index in [4.69, 9.17) is 0 Å². The zero-order valence-electron chi connectivity index (χ0n) is 13.0. The van der Waals surface area contributed by atoms with Crippen molar-refractivity contribution in [3.63, 3.8) is 0 Å². The predicted molar refractivity (Wildman–Crippen MR) is 79.6 cm³/mol. The highest BCUT2D eigenvalue weighted by Crippen LogP contribution is 2.30. The lowest BCUT2D eigenvalue weighted by molar-refractivity contribution is -0.139. The maximum absolute atomic E-state index is 12.5. The zero-order chi connectivity index (χ0) is 17.2. The molecule has 23 heavy (non-hydrogen) atoms. The Kier molecular flexibility index (Phi) is 4.97. The molecule has 7 heteroatoms. The molecular weight excluding hydrogens is 309 g/mol. The molecular formula is C16H19F3N2O2. The standard InChI is InChI=1S/C16H19F3N2O2/c1-10(2)15(23)21-9-3-4-13(21)14(22)20-12-7-5-11(6-8-12)16(17,18)19/h5-8,10,13H,3-4,9H2,1-2H3,(H,20,22). The van der Waals surface area contributed by atoms with Crippen molar-refractivity contribution in [1.29, 1.82) is 0 Å². The molecule has 4 nitrogen and oxygen atoms in total. The van der Waals surface area contributed by atoms with E-state index in [1.54, 1.807) is 18.7 Å². The van der Waals surface area contributed by atoms with E-state index in [9.17, 15) is 22.8 Å². The fourth-order valence-corrected chi connectivity index (χ4v) is 2.60. The third kappa shape index (κ3) is 4.03. The van der Waals surface area contributed by atoms with Gasteiger partial charge in [-0.1, -0.05) is 13.8 Å². The van der Waals surface area contributed by atoms with Crippen molar-refractivity contribution in [3.05, 3.63) is 29.8 Å². The van der Waals surface area contributed by atoms with Crippen LogP contribution in [0.15, 0.2) is 24.3 Å². The largest absolute Gasteiger partial charge is 0.416 e. The van der Waals surface area contributed by atoms with Gasteiger partial charge in [-0.15, -0.1) is 0 Å². The summed E-state index contributed by atoms with van der Waals surface area (Å²) in [5, 5.41) is 2.59. The van der Waals surface area contributed by atoms with Gasteiger partial charge in [0.05, 0.1) is 5.56 Å². The highest BCUT2D eigenvalue weighted by atomic mass is 19.4. The average molecular weight is 328 g/mol. The third-order valence-electron chi connectivity index (χ3n) is 3.81. The van der Waals surface area contributed by atoms with Gasteiger partial charge in [0.15, 0.2) is 0 Å². The molecule has 0 bridgehead atoms. The molecule has 126 valence electrons. The Balaban J connectivity index is 2.05. The molecule has 1 heterocycles. The normalized spacial score (nSPS) is 18.3. The monoisotopic (exact) mass is 328 g/mol. The fraction of sp³-hybridized carbons (Fsp3) is 0.500. The first-order valence-electron chi connectivity index (χ1n) is 7.48. The van der Waals surface area contributed by atoms with Crippen LogP contribution in [0, 0.1) is 5.92 Å². The van der Waals surface area contributed by atoms with Crippen LogP contribution >= 0.6 is 0 Å². The fourth-order valence-electron chi connectivity index (χ4n) is 2.60. The first-order chi connectivity index (χ1) is 10.7. The minimum absolute atomic E-state index is 0.0879. The second kappa shape index (κ2) is 6.60. The minimum atomic E-state index is -4.41. The van der Waals surface area contributed by atoms with Gasteiger partial charge in [0.1, 0.15) is 6.04 Å². The number of rotatable bonds is 3. The molecule has 2 rings (SSSR count). The topological polar surface area (TPSA) is 49.4 Å². The van der Waals surface area contributed by atoms with Gasteiger partial charge in [0.2, 0.25) is 11.8 Å². The van der Waals surface area contributed by atoms with Crippen molar-refractivity contribution >= 4 is 17.5 Å². The van der Waals surface area contributed by atoms with Crippen molar-refractivity contribution in [2.24, 2.45) is 5.92 Å². The van der Waals surface area contributed by atoms with Gasteiger partial charge in [-0.2, -0.15) is 13.2 Å². The number of hydrogen-bond donors (Lipinski definition) is 1. The quantitative estimate of drug-likeness (QED) is 0.925. The Morgan fingerprint density at radius 3 is 2.35 bits per heavy atom. The molecule has 1 N–H and O–H groups in total. The zero-order valence-corrected chi connectivity index (χ0v) is 13.0. The van der Waals surface area contributed by atoms with Crippen LogP contribution in [0.2, 0.25) is 0 Å². The molecule has 1 saturated heterocycles. The summed E-state index contributed by atoms with van der Waals surface area (Å²) in [6, 6.07) is 3.70. The highest BCUT2D eigenvalue weighted by molar-refractivity contribution is 5.97. The first-order valence-corrected chi connectivity index (χ1v) is 7.48. The Morgan fingerprint density at radius 2 is 1.83 bits per heavy atom. The molecule has 1 aromatic carbocycles. The maximum atomic E-state index is 12.5. The Morgan fingerprint density at radius 1 is 1.22 bits per heavy atom. The van der Waals surface area contributed by atoms with Crippen molar-refractivity contribution in [3.8, 4) is 0 Å². The summed E-state index contributed by atoms with van der Waals surface area (Å²) < 4.78 is 37.5. The first kappa shape index (κ1) is 17.3. The number of benzene rings is 1. The molecule has 1 atom stereocenters. The molecule has 0 aliphatic carbocycles. The third-order valence-corrected chi connectivity index (χ3v) is 3.81. The number of likely N-dealkylation sites (tertiary alicyclic amines) is 1. The van der Waals surface area contributed by atoms with Crippen LogP contribution in [0.25, 0.3) is 0 Å². The number of halogens is 3. The summed E-state index contributed by atoms with van der Waals surface area (Å²) in [4.78, 5) is 25.9. The average Bonchev–Trinajstić information content (AvgIpc) is 2.95. The minimum Gasteiger partial charge on any atom is -0.330 e. The summed E-state index contributed by atoms with van der Waals surface area (Å²) in [6.07, 6.45) is -3.11. The van der Waals surface area contributed by atoms with E-state index in [0.717, 1.165) is 18.6 Å². The van der Waals surface area contributed by atoms with Crippen molar-refractivity contribution in [1.82, 2.24) is 4.90 Å². The van der Waals surface area contributed by atoms with Crippen LogP contribution in [0.1, 0.15) is 32.3 Å². The van der Waals surface area contributed by atoms with Crippen LogP contribution in [0.4, 0.5) is 18.9 Å². The van der Waals surface area contributed by atoms with Gasteiger partial charge < -0.3 is 10.2 Å². The van der Waals surface area contributed by atoms with E-state index in [1.165, 1.54) is 12.1 Å². The van der Waals surface area contributed by atoms with Gasteiger partial charge in [0.25, 0.3) is 0 Å². The van der Waals surface area contributed by atoms with Gasteiger partial charge in [-0.25, -0.2) is 0 Å². The van der Waals surface area contributed by atoms with E-state index >= 15 is 0 Å². The molecule has 0 radical (unpaired) electrons. The number of anilines is 1. The molecule has 2 amide bonds. The van der Waals surface area contributed by atoms with Crippen molar-refractivity contribution in [2.75, 3.05) is 11.9 Å². The molecule has 1 aromatic rings. The van der Waals surface area contributed by atoms with Gasteiger partial charge in [-0.3, -0.25) is 9.59 Å². The van der Waals surface area contributed by atoms with E-state index in [1.807, 2.05) is 0 Å². The van der Waals surface area contributed by atoms with Crippen molar-refractivity contribution in [2.45, 2.75) is 38.9 Å². The number of amides is 2. The molecule has 0 saturated carbocycles. The van der Waals surface area contributed by atoms with Crippen molar-refractivity contribution < 1.29 is 22.8 Å². The van der Waals surface area contributed by atoms with Gasteiger partial charge in [0, 0.05) is 18.2 Å². The second-order valence-electron chi connectivity index (χ2n) is 5.91. The number of alkyl halides is 3. The van der Waals surface area contributed by atoms with Gasteiger partial charge >= 0.3 is 6.18 Å². The Bertz CT molecular complexity index is 582. The molecule has 0 spiro atoms. The number of nitrogens with zero attached hydrogens (tertiary/aromatic N) is 1. The number of carbonyl (C=O) groups excluding carboxylic acids is 2. The van der Waals surface area contributed by atoms with E-state index < -0.39 is 17.8 Å². The molecule has 1 aliphatic heterocycles. The summed E-state index contributed by atoms with van der Waals surface area (Å²) in [5.74, 6) is -0.652. The SMILES string of the molecule is CC(C)C(=O)N1CCCC1C(=O)Nc1ccc(C(F)(F)F)cc1. The van der Waals surface area contributed by atoms with E-state index in [-0.39, 0.29) is 23.4 Å². The Hall–Kier alpha value is -2.05. The second-order valence-corrected chi connectivity index (χ2v) is 5.91. The van der Waals surface area contributed by atoms with Crippen LogP contribution in [-0.2, 0) is 15.8 Å². The summed E-state index contributed by atoms with van der Waals surface area (Å²) in [6.45, 7) is 4.07. The maximum Gasteiger partial charge on any atom is 0.416 e. The van der Waals surface area contributed by atoms with E-state index in [0.29, 0.717) is 13.0 Å². The molecule has 1 unspecified atom stereocenters. The molecule has 1 fully saturated rings. The number of hydrogen-bond acceptors (Lipinski definition) is 2. The predicted octanol–water partition coefficient (Wildman–Crippen LogP) is 3.29. The van der Waals surface area contributed by atoms with Crippen LogP contribution in [-0.4, -0.2) is 29.3 Å².